The lowest BCUT2D eigenvalue weighted by molar-refractivity contribution is -0.126. The predicted octanol–water partition coefficient (Wildman–Crippen LogP) is 5.81. The summed E-state index contributed by atoms with van der Waals surface area (Å²) in [6.45, 7) is 0. The molecule has 0 bridgehead atoms. The first-order chi connectivity index (χ1) is 19.3. The first-order valence-corrected chi connectivity index (χ1v) is 14.3. The number of hydroxylamine groups is 1. The van der Waals surface area contributed by atoms with E-state index in [0.717, 1.165) is 4.90 Å². The smallest absolute Gasteiger partial charge is 0.339 e. The van der Waals surface area contributed by atoms with Gasteiger partial charge in [-0.15, -0.1) is 0 Å². The predicted molar refractivity (Wildman–Crippen MR) is 150 cm³/mol. The number of hydrogen-bond donors (Lipinski definition) is 0. The second-order valence-corrected chi connectivity index (χ2v) is 11.5. The van der Waals surface area contributed by atoms with Crippen molar-refractivity contribution in [3.05, 3.63) is 119 Å². The van der Waals surface area contributed by atoms with Crippen LogP contribution in [0, 0.1) is 5.92 Å². The van der Waals surface area contributed by atoms with Crippen LogP contribution in [0.1, 0.15) is 11.6 Å². The Hall–Kier alpha value is -3.89. The van der Waals surface area contributed by atoms with Crippen LogP contribution in [0.4, 0.5) is 11.4 Å². The van der Waals surface area contributed by atoms with Crippen molar-refractivity contribution in [2.24, 2.45) is 5.92 Å². The number of anilines is 2. The first-order valence-electron chi connectivity index (χ1n) is 12.2. The van der Waals surface area contributed by atoms with Gasteiger partial charge in [0.1, 0.15) is 16.6 Å². The molecule has 40 heavy (non-hydrogen) atoms. The van der Waals surface area contributed by atoms with Crippen LogP contribution in [0.3, 0.4) is 0 Å². The van der Waals surface area contributed by atoms with Gasteiger partial charge < -0.3 is 4.18 Å². The summed E-state index contributed by atoms with van der Waals surface area (Å²) >= 11 is 12.2. The Labute approximate surface area is 240 Å². The second kappa shape index (κ2) is 10.3. The monoisotopic (exact) mass is 594 g/mol. The molecule has 2 aliphatic heterocycles. The zero-order chi connectivity index (χ0) is 28.0. The molecule has 8 nitrogen and oxygen atoms in total. The number of amides is 2. The minimum atomic E-state index is -4.21. The molecule has 3 atom stereocenters. The largest absolute Gasteiger partial charge is 0.379 e. The number of rotatable bonds is 6. The highest BCUT2D eigenvalue weighted by Crippen LogP contribution is 2.50. The fraction of sp³-hybridized carbons (Fsp3) is 0.103. The SMILES string of the molecule is O=C1[C@@H]2[C@@H](c3ccccc3OS(=O)(=O)c3ccccc3)N(c3ccccc3)O[C@H]2C(=O)N1c1ccc(Cl)c(Cl)c1. The zero-order valence-electron chi connectivity index (χ0n) is 20.6. The van der Waals surface area contributed by atoms with Crippen molar-refractivity contribution in [2.45, 2.75) is 17.0 Å². The lowest BCUT2D eigenvalue weighted by Gasteiger charge is -2.29. The number of imide groups is 1. The van der Waals surface area contributed by atoms with Gasteiger partial charge in [-0.05, 0) is 48.5 Å². The molecule has 0 radical (unpaired) electrons. The summed E-state index contributed by atoms with van der Waals surface area (Å²) in [6, 6.07) is 26.7. The van der Waals surface area contributed by atoms with Crippen LogP contribution in [0.5, 0.6) is 5.75 Å². The molecule has 6 rings (SSSR count). The minimum absolute atomic E-state index is 0.00905. The van der Waals surface area contributed by atoms with E-state index in [-0.39, 0.29) is 26.4 Å². The van der Waals surface area contributed by atoms with E-state index in [0.29, 0.717) is 11.3 Å². The summed E-state index contributed by atoms with van der Waals surface area (Å²) < 4.78 is 31.9. The van der Waals surface area contributed by atoms with Crippen LogP contribution in [-0.2, 0) is 24.5 Å². The van der Waals surface area contributed by atoms with Gasteiger partial charge in [-0.2, -0.15) is 8.42 Å². The van der Waals surface area contributed by atoms with Crippen LogP contribution >= 0.6 is 23.2 Å². The molecule has 0 unspecified atom stereocenters. The standard InChI is InChI=1S/C29H20Cl2N2O6S/c30-22-16-15-19(17-23(22)31)32-28(34)25-26(33(38-27(25)29(32)35)18-9-3-1-4-10-18)21-13-7-8-14-24(21)39-40(36,37)20-11-5-2-6-12-20/h1-17,25-27H/t25-,26-,27-/m1/s1. The molecule has 0 saturated carbocycles. The molecule has 2 aliphatic rings. The van der Waals surface area contributed by atoms with Gasteiger partial charge in [-0.1, -0.05) is 77.8 Å². The van der Waals surface area contributed by atoms with Gasteiger partial charge in [0.2, 0.25) is 5.91 Å². The van der Waals surface area contributed by atoms with E-state index in [1.54, 1.807) is 60.7 Å². The summed E-state index contributed by atoms with van der Waals surface area (Å²) in [6.07, 6.45) is -1.18. The van der Waals surface area contributed by atoms with E-state index < -0.39 is 40.0 Å². The van der Waals surface area contributed by atoms with E-state index in [4.69, 9.17) is 32.2 Å². The normalized spacial score (nSPS) is 20.6. The molecule has 0 N–H and O–H groups in total. The van der Waals surface area contributed by atoms with Gasteiger partial charge in [0.15, 0.2) is 6.10 Å². The van der Waals surface area contributed by atoms with Crippen molar-refractivity contribution in [1.82, 2.24) is 0 Å². The number of halogens is 2. The molecule has 0 spiro atoms. The molecule has 4 aromatic rings. The van der Waals surface area contributed by atoms with E-state index >= 15 is 0 Å². The lowest BCUT2D eigenvalue weighted by atomic mass is 9.90. The highest BCUT2D eigenvalue weighted by molar-refractivity contribution is 7.87. The quantitative estimate of drug-likeness (QED) is 0.205. The summed E-state index contributed by atoms with van der Waals surface area (Å²) in [4.78, 5) is 34.7. The van der Waals surface area contributed by atoms with Crippen LogP contribution in [0.25, 0.3) is 0 Å². The maximum absolute atomic E-state index is 13.9. The number of carbonyl (C=O) groups is 2. The van der Waals surface area contributed by atoms with Crippen molar-refractivity contribution in [1.29, 1.82) is 0 Å². The molecule has 2 amide bonds. The van der Waals surface area contributed by atoms with Gasteiger partial charge in [0.25, 0.3) is 5.91 Å². The van der Waals surface area contributed by atoms with E-state index in [1.165, 1.54) is 41.5 Å². The van der Waals surface area contributed by atoms with E-state index in [2.05, 4.69) is 0 Å². The average Bonchev–Trinajstić information content (AvgIpc) is 3.47. The van der Waals surface area contributed by atoms with Crippen molar-refractivity contribution in [3.63, 3.8) is 0 Å². The lowest BCUT2D eigenvalue weighted by Crippen LogP contribution is -2.37. The van der Waals surface area contributed by atoms with E-state index in [1.807, 2.05) is 6.07 Å². The molecule has 2 fully saturated rings. The van der Waals surface area contributed by atoms with Gasteiger partial charge in [-0.25, -0.2) is 9.96 Å². The number of benzene rings is 4. The number of nitrogens with zero attached hydrogens (tertiary/aromatic N) is 2. The fourth-order valence-corrected chi connectivity index (χ4v) is 6.23. The number of para-hydroxylation sites is 2. The molecule has 0 aromatic heterocycles. The van der Waals surface area contributed by atoms with Crippen molar-refractivity contribution in [2.75, 3.05) is 9.96 Å². The third kappa shape index (κ3) is 4.50. The van der Waals surface area contributed by atoms with Crippen molar-refractivity contribution >= 4 is 56.5 Å². The van der Waals surface area contributed by atoms with E-state index in [9.17, 15) is 18.0 Å². The van der Waals surface area contributed by atoms with Crippen molar-refractivity contribution in [3.8, 4) is 5.75 Å². The zero-order valence-corrected chi connectivity index (χ0v) is 22.9. The topological polar surface area (TPSA) is 93.2 Å². The molecule has 4 aromatic carbocycles. The highest BCUT2D eigenvalue weighted by Gasteiger charge is 2.61. The summed E-state index contributed by atoms with van der Waals surface area (Å²) in [5, 5.41) is 1.93. The molecule has 0 aliphatic carbocycles. The number of hydrogen-bond acceptors (Lipinski definition) is 7. The Morgan fingerprint density at radius 3 is 2.08 bits per heavy atom. The van der Waals surface area contributed by atoms with Gasteiger partial charge in [0, 0.05) is 5.56 Å². The molecule has 202 valence electrons. The third-order valence-corrected chi connectivity index (χ3v) is 8.74. The summed E-state index contributed by atoms with van der Waals surface area (Å²) in [5.74, 6) is -2.12. The Morgan fingerprint density at radius 1 is 0.725 bits per heavy atom. The van der Waals surface area contributed by atoms with Crippen LogP contribution < -0.4 is 14.1 Å². The molecule has 11 heteroatoms. The third-order valence-electron chi connectivity index (χ3n) is 6.76. The summed E-state index contributed by atoms with van der Waals surface area (Å²) in [7, 11) is -4.21. The molecular weight excluding hydrogens is 575 g/mol. The fourth-order valence-electron chi connectivity index (χ4n) is 4.96. The maximum atomic E-state index is 13.9. The molecule has 2 heterocycles. The average molecular weight is 595 g/mol. The van der Waals surface area contributed by atoms with Gasteiger partial charge >= 0.3 is 10.1 Å². The Balaban J connectivity index is 1.45. The Bertz CT molecular complexity index is 1720. The van der Waals surface area contributed by atoms with Crippen LogP contribution in [0.15, 0.2) is 108 Å². The number of fused-ring (bicyclic) bond motifs is 1. The first kappa shape index (κ1) is 26.3. The Morgan fingerprint density at radius 2 is 1.38 bits per heavy atom. The van der Waals surface area contributed by atoms with Gasteiger partial charge in [0.05, 0.1) is 27.5 Å². The van der Waals surface area contributed by atoms with Crippen LogP contribution in [0.2, 0.25) is 10.0 Å². The number of carbonyl (C=O) groups excluding carboxylic acids is 2. The minimum Gasteiger partial charge on any atom is -0.379 e. The van der Waals surface area contributed by atoms with Crippen molar-refractivity contribution < 1.29 is 27.0 Å². The van der Waals surface area contributed by atoms with Crippen LogP contribution in [-0.4, -0.2) is 26.3 Å². The molecular formula is C29H20Cl2N2O6S. The second-order valence-electron chi connectivity index (χ2n) is 9.16. The summed E-state index contributed by atoms with van der Waals surface area (Å²) in [5.41, 5.74) is 1.18. The molecule has 2 saturated heterocycles. The highest BCUT2D eigenvalue weighted by atomic mass is 35.5. The van der Waals surface area contributed by atoms with Gasteiger partial charge in [-0.3, -0.25) is 14.4 Å². The Kier molecular flexibility index (Phi) is 6.75. The maximum Gasteiger partial charge on any atom is 0.339 e.